The zero-order valence-electron chi connectivity index (χ0n) is 11.8. The maximum absolute atomic E-state index is 9.66. The molecule has 4 fully saturated rings. The summed E-state index contributed by atoms with van der Waals surface area (Å²) in [5, 5.41) is 13.5. The second-order valence-corrected chi connectivity index (χ2v) is 7.90. The lowest BCUT2D eigenvalue weighted by Gasteiger charge is -2.39. The maximum atomic E-state index is 9.66. The van der Waals surface area contributed by atoms with Gasteiger partial charge in [0.1, 0.15) is 0 Å². The minimum atomic E-state index is 0.0156. The van der Waals surface area contributed by atoms with Gasteiger partial charge in [0, 0.05) is 5.41 Å². The molecule has 0 aromatic heterocycles. The molecular formula is C16H26N2O. The molecule has 4 rings (SSSR count). The van der Waals surface area contributed by atoms with Crippen molar-refractivity contribution in [2.75, 3.05) is 0 Å². The molecule has 4 aliphatic rings. The quantitative estimate of drug-likeness (QED) is 0.466. The van der Waals surface area contributed by atoms with Gasteiger partial charge in [0.15, 0.2) is 0 Å². The van der Waals surface area contributed by atoms with E-state index in [1.807, 2.05) is 0 Å². The van der Waals surface area contributed by atoms with Crippen LogP contribution in [0.3, 0.4) is 0 Å². The van der Waals surface area contributed by atoms with E-state index in [4.69, 9.17) is 5.73 Å². The molecule has 4 saturated carbocycles. The third kappa shape index (κ3) is 1.57. The number of oxime groups is 1. The van der Waals surface area contributed by atoms with Gasteiger partial charge in [0.2, 0.25) is 0 Å². The van der Waals surface area contributed by atoms with Crippen LogP contribution in [0.25, 0.3) is 0 Å². The van der Waals surface area contributed by atoms with Crippen LogP contribution in [0.15, 0.2) is 5.16 Å². The summed E-state index contributed by atoms with van der Waals surface area (Å²) in [5.41, 5.74) is 8.11. The third-order valence-corrected chi connectivity index (χ3v) is 7.14. The Morgan fingerprint density at radius 1 is 1.00 bits per heavy atom. The van der Waals surface area contributed by atoms with Gasteiger partial charge >= 0.3 is 0 Å². The minimum absolute atomic E-state index is 0.0156. The molecule has 4 aliphatic carbocycles. The van der Waals surface area contributed by atoms with Gasteiger partial charge in [-0.15, -0.1) is 0 Å². The van der Waals surface area contributed by atoms with E-state index in [0.717, 1.165) is 17.5 Å². The second kappa shape index (κ2) is 3.97. The smallest absolute Gasteiger partial charge is 0.0804 e. The molecular weight excluding hydrogens is 236 g/mol. The van der Waals surface area contributed by atoms with Crippen LogP contribution in [-0.4, -0.2) is 17.0 Å². The zero-order chi connectivity index (χ0) is 13.1. The average Bonchev–Trinajstić information content (AvgIpc) is 3.19. The predicted molar refractivity (Wildman–Crippen MR) is 75.2 cm³/mol. The fourth-order valence-corrected chi connectivity index (χ4v) is 6.01. The molecule has 0 aromatic carbocycles. The Morgan fingerprint density at radius 3 is 2.00 bits per heavy atom. The van der Waals surface area contributed by atoms with Gasteiger partial charge in [-0.25, -0.2) is 0 Å². The summed E-state index contributed by atoms with van der Waals surface area (Å²) in [5.74, 6) is 1.78. The molecule has 3 N–H and O–H groups in total. The lowest BCUT2D eigenvalue weighted by molar-refractivity contribution is 0.241. The van der Waals surface area contributed by atoms with Crippen molar-refractivity contribution in [2.24, 2.45) is 33.6 Å². The summed E-state index contributed by atoms with van der Waals surface area (Å²) in [6.45, 7) is 0. The van der Waals surface area contributed by atoms with Crippen molar-refractivity contribution in [3.8, 4) is 0 Å². The van der Waals surface area contributed by atoms with Crippen LogP contribution >= 0.6 is 0 Å². The highest BCUT2D eigenvalue weighted by Crippen LogP contribution is 2.60. The summed E-state index contributed by atoms with van der Waals surface area (Å²) in [4.78, 5) is 0. The zero-order valence-corrected chi connectivity index (χ0v) is 11.8. The van der Waals surface area contributed by atoms with E-state index in [9.17, 15) is 5.21 Å². The number of fused-ring (bicyclic) bond motifs is 4. The van der Waals surface area contributed by atoms with Crippen molar-refractivity contribution in [3.05, 3.63) is 0 Å². The number of nitrogens with zero attached hydrogens (tertiary/aromatic N) is 1. The summed E-state index contributed by atoms with van der Waals surface area (Å²) in [7, 11) is 0. The standard InChI is InChI=1S/C16H26N2O/c17-13(15-5-1-11(9-15)2-6-15)14(18-19)16-7-3-12(10-16)4-8-16/h11-13,19H,1-10,17H2. The molecule has 1 atom stereocenters. The van der Waals surface area contributed by atoms with E-state index >= 15 is 0 Å². The first-order chi connectivity index (χ1) is 9.17. The second-order valence-electron chi connectivity index (χ2n) is 7.90. The highest BCUT2D eigenvalue weighted by Gasteiger charge is 2.56. The highest BCUT2D eigenvalue weighted by atomic mass is 16.4. The lowest BCUT2D eigenvalue weighted by atomic mass is 9.68. The Labute approximate surface area is 115 Å². The molecule has 0 aliphatic heterocycles. The SMILES string of the molecule is NC(C(=NO)C12CCC(CC1)C2)C12CCC(CC1)C2. The summed E-state index contributed by atoms with van der Waals surface area (Å²) in [6, 6.07) is 0.0156. The van der Waals surface area contributed by atoms with Gasteiger partial charge in [-0.3, -0.25) is 0 Å². The first kappa shape index (κ1) is 12.2. The van der Waals surface area contributed by atoms with Crippen molar-refractivity contribution in [3.63, 3.8) is 0 Å². The third-order valence-electron chi connectivity index (χ3n) is 7.14. The highest BCUT2D eigenvalue weighted by molar-refractivity contribution is 5.95. The number of rotatable bonds is 3. The first-order valence-corrected chi connectivity index (χ1v) is 8.16. The molecule has 0 heterocycles. The summed E-state index contributed by atoms with van der Waals surface area (Å²) >= 11 is 0. The summed E-state index contributed by atoms with van der Waals surface area (Å²) < 4.78 is 0. The Hall–Kier alpha value is -0.570. The van der Waals surface area contributed by atoms with E-state index in [1.54, 1.807) is 0 Å². The largest absolute Gasteiger partial charge is 0.411 e. The molecule has 0 amide bonds. The Bertz CT molecular complexity index is 401. The molecule has 4 bridgehead atoms. The average molecular weight is 262 g/mol. The molecule has 0 spiro atoms. The van der Waals surface area contributed by atoms with Gasteiger partial charge in [0.25, 0.3) is 0 Å². The summed E-state index contributed by atoms with van der Waals surface area (Å²) in [6.07, 6.45) is 12.8. The molecule has 3 nitrogen and oxygen atoms in total. The van der Waals surface area contributed by atoms with Crippen LogP contribution in [0.2, 0.25) is 0 Å². The van der Waals surface area contributed by atoms with Crippen molar-refractivity contribution in [2.45, 2.75) is 70.3 Å². The normalized spacial score (nSPS) is 50.1. The lowest BCUT2D eigenvalue weighted by Crippen LogP contribution is -2.51. The van der Waals surface area contributed by atoms with E-state index in [1.165, 1.54) is 64.2 Å². The Balaban J connectivity index is 1.63. The molecule has 0 saturated heterocycles. The first-order valence-electron chi connectivity index (χ1n) is 8.16. The van der Waals surface area contributed by atoms with Crippen LogP contribution in [0.5, 0.6) is 0 Å². The molecule has 3 heteroatoms. The predicted octanol–water partition coefficient (Wildman–Crippen LogP) is 3.30. The molecule has 19 heavy (non-hydrogen) atoms. The van der Waals surface area contributed by atoms with E-state index in [0.29, 0.717) is 0 Å². The van der Waals surface area contributed by atoms with Crippen LogP contribution in [-0.2, 0) is 0 Å². The molecule has 1 unspecified atom stereocenters. The van der Waals surface area contributed by atoms with E-state index in [-0.39, 0.29) is 16.9 Å². The molecule has 0 radical (unpaired) electrons. The van der Waals surface area contributed by atoms with Gasteiger partial charge in [-0.05, 0) is 81.5 Å². The fraction of sp³-hybridized carbons (Fsp3) is 0.938. The van der Waals surface area contributed by atoms with E-state index in [2.05, 4.69) is 5.16 Å². The van der Waals surface area contributed by atoms with Crippen LogP contribution < -0.4 is 5.73 Å². The van der Waals surface area contributed by atoms with Crippen molar-refractivity contribution in [1.29, 1.82) is 0 Å². The Morgan fingerprint density at radius 2 is 1.58 bits per heavy atom. The fourth-order valence-electron chi connectivity index (χ4n) is 6.01. The van der Waals surface area contributed by atoms with E-state index < -0.39 is 0 Å². The van der Waals surface area contributed by atoms with Crippen LogP contribution in [0.1, 0.15) is 64.2 Å². The topological polar surface area (TPSA) is 58.6 Å². The van der Waals surface area contributed by atoms with Crippen LogP contribution in [0.4, 0.5) is 0 Å². The number of hydrogen-bond acceptors (Lipinski definition) is 3. The number of hydrogen-bond donors (Lipinski definition) is 2. The van der Waals surface area contributed by atoms with Gasteiger partial charge in [0.05, 0.1) is 11.8 Å². The maximum Gasteiger partial charge on any atom is 0.0804 e. The Kier molecular flexibility index (Phi) is 2.55. The minimum Gasteiger partial charge on any atom is -0.411 e. The number of nitrogens with two attached hydrogens (primary N) is 1. The van der Waals surface area contributed by atoms with Gasteiger partial charge in [-0.1, -0.05) is 5.16 Å². The van der Waals surface area contributed by atoms with Crippen molar-refractivity contribution < 1.29 is 5.21 Å². The van der Waals surface area contributed by atoms with Gasteiger partial charge < -0.3 is 10.9 Å². The van der Waals surface area contributed by atoms with Crippen molar-refractivity contribution in [1.82, 2.24) is 0 Å². The van der Waals surface area contributed by atoms with Crippen molar-refractivity contribution >= 4 is 5.71 Å². The monoisotopic (exact) mass is 262 g/mol. The molecule has 0 aromatic rings. The van der Waals surface area contributed by atoms with Crippen LogP contribution in [0, 0.1) is 22.7 Å². The molecule has 106 valence electrons. The van der Waals surface area contributed by atoms with Gasteiger partial charge in [-0.2, -0.15) is 0 Å².